The van der Waals surface area contributed by atoms with E-state index in [9.17, 15) is 9.59 Å². The highest BCUT2D eigenvalue weighted by atomic mass is 16.5. The van der Waals surface area contributed by atoms with Gasteiger partial charge in [0, 0.05) is 26.7 Å². The molecule has 2 heterocycles. The van der Waals surface area contributed by atoms with E-state index in [2.05, 4.69) is 5.16 Å². The molecule has 0 N–H and O–H groups in total. The lowest BCUT2D eigenvalue weighted by molar-refractivity contribution is -0.140. The van der Waals surface area contributed by atoms with Gasteiger partial charge in [-0.3, -0.25) is 9.59 Å². The molecule has 0 bridgehead atoms. The lowest BCUT2D eigenvalue weighted by Gasteiger charge is -2.39. The molecule has 3 rings (SSSR count). The van der Waals surface area contributed by atoms with Gasteiger partial charge < -0.3 is 19.1 Å². The third-order valence-electron chi connectivity index (χ3n) is 4.98. The van der Waals surface area contributed by atoms with Gasteiger partial charge in [0.05, 0.1) is 12.2 Å². The van der Waals surface area contributed by atoms with Gasteiger partial charge in [-0.2, -0.15) is 0 Å². The first kappa shape index (κ1) is 19.1. The molecule has 27 heavy (non-hydrogen) atoms. The number of amides is 2. The summed E-state index contributed by atoms with van der Waals surface area (Å²) in [7, 11) is 1.55. The summed E-state index contributed by atoms with van der Waals surface area (Å²) < 4.78 is 10.3. The van der Waals surface area contributed by atoms with Crippen molar-refractivity contribution in [1.29, 1.82) is 0 Å². The van der Waals surface area contributed by atoms with Gasteiger partial charge in [0.15, 0.2) is 5.69 Å². The van der Waals surface area contributed by atoms with E-state index < -0.39 is 6.04 Å². The average molecular weight is 371 g/mol. The largest absolute Gasteiger partial charge is 0.380 e. The maximum atomic E-state index is 12.9. The van der Waals surface area contributed by atoms with Crippen LogP contribution < -0.4 is 0 Å². The van der Waals surface area contributed by atoms with Crippen molar-refractivity contribution >= 4 is 11.8 Å². The van der Waals surface area contributed by atoms with Crippen LogP contribution >= 0.6 is 0 Å². The fourth-order valence-corrected chi connectivity index (χ4v) is 3.29. The fraction of sp³-hybridized carbons (Fsp3) is 0.450. The predicted octanol–water partition coefficient (Wildman–Crippen LogP) is 2.31. The van der Waals surface area contributed by atoms with Gasteiger partial charge in [-0.05, 0) is 26.3 Å². The minimum atomic E-state index is -0.552. The molecule has 1 atom stereocenters. The molecule has 0 radical (unpaired) electrons. The molecule has 144 valence electrons. The number of ether oxygens (including phenoxy) is 1. The van der Waals surface area contributed by atoms with Gasteiger partial charge in [-0.1, -0.05) is 35.0 Å². The van der Waals surface area contributed by atoms with Crippen molar-refractivity contribution in [3.8, 4) is 0 Å². The summed E-state index contributed by atoms with van der Waals surface area (Å²) in [5.74, 6) is 0.190. The number of carbonyl (C=O) groups excluding carboxylic acids is 2. The fourth-order valence-electron chi connectivity index (χ4n) is 3.29. The highest BCUT2D eigenvalue weighted by Gasteiger charge is 2.36. The first-order valence-electron chi connectivity index (χ1n) is 9.01. The molecule has 1 aliphatic heterocycles. The summed E-state index contributed by atoms with van der Waals surface area (Å²) in [6, 6.07) is 7.57. The third-order valence-corrected chi connectivity index (χ3v) is 4.98. The van der Waals surface area contributed by atoms with E-state index in [1.807, 2.05) is 31.2 Å². The second-order valence-corrected chi connectivity index (χ2v) is 6.92. The number of piperazine rings is 1. The molecule has 0 spiro atoms. The Labute approximate surface area is 158 Å². The summed E-state index contributed by atoms with van der Waals surface area (Å²) in [6.45, 7) is 7.26. The van der Waals surface area contributed by atoms with E-state index in [4.69, 9.17) is 9.26 Å². The Morgan fingerprint density at radius 1 is 1.26 bits per heavy atom. The van der Waals surface area contributed by atoms with Gasteiger partial charge in [0.25, 0.3) is 5.91 Å². The van der Waals surface area contributed by atoms with Crippen LogP contribution in [-0.2, 0) is 22.7 Å². The number of methoxy groups -OCH3 is 1. The van der Waals surface area contributed by atoms with E-state index >= 15 is 0 Å². The first-order chi connectivity index (χ1) is 12.9. The number of benzene rings is 1. The van der Waals surface area contributed by atoms with Crippen LogP contribution in [0.15, 0.2) is 28.8 Å². The van der Waals surface area contributed by atoms with Crippen LogP contribution in [-0.4, -0.2) is 53.0 Å². The maximum Gasteiger partial charge on any atom is 0.277 e. The monoisotopic (exact) mass is 371 g/mol. The summed E-state index contributed by atoms with van der Waals surface area (Å²) >= 11 is 0. The lowest BCUT2D eigenvalue weighted by Crippen LogP contribution is -2.57. The van der Waals surface area contributed by atoms with Crippen molar-refractivity contribution < 1.29 is 18.8 Å². The molecule has 1 unspecified atom stereocenters. The summed E-state index contributed by atoms with van der Waals surface area (Å²) in [5.41, 5.74) is 3.12. The minimum Gasteiger partial charge on any atom is -0.380 e. The van der Waals surface area contributed by atoms with Crippen LogP contribution in [0.5, 0.6) is 0 Å². The zero-order valence-electron chi connectivity index (χ0n) is 16.2. The van der Waals surface area contributed by atoms with Crippen molar-refractivity contribution in [3.05, 3.63) is 52.4 Å². The highest BCUT2D eigenvalue weighted by Crippen LogP contribution is 2.21. The maximum absolute atomic E-state index is 12.9. The molecule has 2 amide bonds. The number of aryl methyl sites for hydroxylation is 2. The summed E-state index contributed by atoms with van der Waals surface area (Å²) in [5, 5.41) is 3.89. The van der Waals surface area contributed by atoms with Crippen molar-refractivity contribution in [3.63, 3.8) is 0 Å². The zero-order chi connectivity index (χ0) is 19.6. The molecule has 0 saturated carbocycles. The standard InChI is InChI=1S/C20H25N3O4/c1-13-5-7-16(8-6-13)11-22-9-10-23(14(2)19(22)24)20(25)18-17(12-26-4)15(3)27-21-18/h5-8,14H,9-12H2,1-4H3. The predicted molar refractivity (Wildman–Crippen MR) is 99.0 cm³/mol. The molecule has 2 aromatic rings. The smallest absolute Gasteiger partial charge is 0.277 e. The number of rotatable bonds is 5. The molecule has 1 aromatic carbocycles. The molecule has 7 heteroatoms. The normalized spacial score (nSPS) is 17.5. The number of hydrogen-bond acceptors (Lipinski definition) is 5. The lowest BCUT2D eigenvalue weighted by atomic mass is 10.1. The number of aromatic nitrogens is 1. The molecular weight excluding hydrogens is 346 g/mol. The molecular formula is C20H25N3O4. The minimum absolute atomic E-state index is 0.0660. The molecule has 1 saturated heterocycles. The number of nitrogens with zero attached hydrogens (tertiary/aromatic N) is 3. The van der Waals surface area contributed by atoms with Crippen molar-refractivity contribution in [2.45, 2.75) is 40.0 Å². The van der Waals surface area contributed by atoms with Crippen LogP contribution in [0.3, 0.4) is 0 Å². The Bertz CT molecular complexity index is 828. The Hall–Kier alpha value is -2.67. The van der Waals surface area contributed by atoms with Crippen molar-refractivity contribution in [2.75, 3.05) is 20.2 Å². The topological polar surface area (TPSA) is 75.9 Å². The average Bonchev–Trinajstić information content (AvgIpc) is 3.01. The van der Waals surface area contributed by atoms with Gasteiger partial charge in [0.1, 0.15) is 11.8 Å². The van der Waals surface area contributed by atoms with Crippen LogP contribution in [0, 0.1) is 13.8 Å². The SMILES string of the molecule is COCc1c(C(=O)N2CCN(Cc3ccc(C)cc3)C(=O)C2C)noc1C. The van der Waals surface area contributed by atoms with Gasteiger partial charge in [-0.25, -0.2) is 0 Å². The van der Waals surface area contributed by atoms with E-state index in [1.165, 1.54) is 5.56 Å². The summed E-state index contributed by atoms with van der Waals surface area (Å²) in [6.07, 6.45) is 0. The van der Waals surface area contributed by atoms with Gasteiger partial charge >= 0.3 is 0 Å². The second-order valence-electron chi connectivity index (χ2n) is 6.92. The van der Waals surface area contributed by atoms with Crippen LogP contribution in [0.2, 0.25) is 0 Å². The van der Waals surface area contributed by atoms with Crippen LogP contribution in [0.1, 0.15) is 39.9 Å². The second kappa shape index (κ2) is 7.92. The number of carbonyl (C=O) groups is 2. The van der Waals surface area contributed by atoms with Crippen molar-refractivity contribution in [1.82, 2.24) is 15.0 Å². The molecule has 7 nitrogen and oxygen atoms in total. The Kier molecular flexibility index (Phi) is 5.60. The Morgan fingerprint density at radius 2 is 1.96 bits per heavy atom. The van der Waals surface area contributed by atoms with E-state index in [-0.39, 0.29) is 24.1 Å². The summed E-state index contributed by atoms with van der Waals surface area (Å²) in [4.78, 5) is 29.1. The van der Waals surface area contributed by atoms with Crippen LogP contribution in [0.25, 0.3) is 0 Å². The third kappa shape index (κ3) is 3.88. The Balaban J connectivity index is 1.72. The van der Waals surface area contributed by atoms with E-state index in [1.54, 1.807) is 30.8 Å². The van der Waals surface area contributed by atoms with Crippen molar-refractivity contribution in [2.24, 2.45) is 0 Å². The van der Waals surface area contributed by atoms with Gasteiger partial charge in [-0.15, -0.1) is 0 Å². The first-order valence-corrected chi connectivity index (χ1v) is 9.01. The van der Waals surface area contributed by atoms with Gasteiger partial charge in [0.2, 0.25) is 5.91 Å². The molecule has 1 fully saturated rings. The van der Waals surface area contributed by atoms with Crippen LogP contribution in [0.4, 0.5) is 0 Å². The molecule has 0 aliphatic carbocycles. The Morgan fingerprint density at radius 3 is 2.63 bits per heavy atom. The van der Waals surface area contributed by atoms with E-state index in [0.717, 1.165) is 5.56 Å². The molecule has 1 aliphatic rings. The van der Waals surface area contributed by atoms with E-state index in [0.29, 0.717) is 31.0 Å². The highest BCUT2D eigenvalue weighted by molar-refractivity contribution is 5.97. The number of hydrogen-bond donors (Lipinski definition) is 0. The molecule has 1 aromatic heterocycles. The zero-order valence-corrected chi connectivity index (χ0v) is 16.2. The quantitative estimate of drug-likeness (QED) is 0.806.